The first kappa shape index (κ1) is 14.3. The van der Waals surface area contributed by atoms with E-state index in [-0.39, 0.29) is 11.9 Å². The summed E-state index contributed by atoms with van der Waals surface area (Å²) in [5.74, 6) is 0.866. The van der Waals surface area contributed by atoms with Crippen molar-refractivity contribution in [2.45, 2.75) is 31.8 Å². The maximum Gasteiger partial charge on any atom is 0.329 e. The van der Waals surface area contributed by atoms with E-state index in [1.54, 1.807) is 7.05 Å². The highest BCUT2D eigenvalue weighted by Gasteiger charge is 2.35. The molecule has 1 aliphatic rings. The first-order valence-electron chi connectivity index (χ1n) is 5.67. The molecule has 0 saturated carbocycles. The predicted octanol–water partition coefficient (Wildman–Crippen LogP) is 0.403. The van der Waals surface area contributed by atoms with E-state index in [0.717, 1.165) is 18.1 Å². The number of nitrogens with zero attached hydrogens (tertiary/aromatic N) is 1. The van der Waals surface area contributed by atoms with Gasteiger partial charge in [0.1, 0.15) is 5.54 Å². The van der Waals surface area contributed by atoms with Crippen LogP contribution in [0.25, 0.3) is 0 Å². The molecule has 1 saturated heterocycles. The molecule has 1 atom stereocenters. The minimum atomic E-state index is -1.15. The first-order chi connectivity index (χ1) is 7.85. The first-order valence-corrected chi connectivity index (χ1v) is 6.82. The molecule has 2 N–H and O–H groups in total. The van der Waals surface area contributed by atoms with Gasteiger partial charge in [-0.2, -0.15) is 11.8 Å². The molecule has 17 heavy (non-hydrogen) atoms. The highest BCUT2D eigenvalue weighted by Crippen LogP contribution is 2.16. The number of carboxylic acid groups (broad SMARTS) is 1. The molecule has 0 aromatic carbocycles. The van der Waals surface area contributed by atoms with Crippen molar-refractivity contribution in [1.29, 1.82) is 0 Å². The number of thioether (sulfide) groups is 1. The van der Waals surface area contributed by atoms with Gasteiger partial charge < -0.3 is 15.3 Å². The van der Waals surface area contributed by atoms with Crippen LogP contribution in [0.2, 0.25) is 0 Å². The van der Waals surface area contributed by atoms with Gasteiger partial charge in [0.15, 0.2) is 0 Å². The summed E-state index contributed by atoms with van der Waals surface area (Å²) in [5, 5.41) is 12.3. The Bertz CT molecular complexity index is 301. The van der Waals surface area contributed by atoms with Gasteiger partial charge in [-0.1, -0.05) is 0 Å². The second kappa shape index (κ2) is 5.73. The summed E-state index contributed by atoms with van der Waals surface area (Å²) in [6.07, 6.45) is 0.361. The third-order valence-electron chi connectivity index (χ3n) is 3.16. The van der Waals surface area contributed by atoms with Gasteiger partial charge >= 0.3 is 5.97 Å². The van der Waals surface area contributed by atoms with Crippen LogP contribution < -0.4 is 5.32 Å². The molecule has 1 heterocycles. The van der Waals surface area contributed by atoms with Crippen molar-refractivity contribution >= 4 is 23.6 Å². The molecule has 1 amide bonds. The quantitative estimate of drug-likeness (QED) is 0.766. The van der Waals surface area contributed by atoms with Crippen LogP contribution in [0.15, 0.2) is 0 Å². The molecular formula is C11H20N2O3S. The van der Waals surface area contributed by atoms with Crippen molar-refractivity contribution in [3.63, 3.8) is 0 Å². The Morgan fingerprint density at radius 2 is 2.18 bits per heavy atom. The van der Waals surface area contributed by atoms with Crippen LogP contribution in [0.3, 0.4) is 0 Å². The number of likely N-dealkylation sites (N-methyl/N-ethyl adjacent to an activating group) is 1. The average molecular weight is 260 g/mol. The van der Waals surface area contributed by atoms with Crippen molar-refractivity contribution in [2.24, 2.45) is 0 Å². The van der Waals surface area contributed by atoms with Gasteiger partial charge in [0.25, 0.3) is 0 Å². The Labute approximate surface area is 106 Å². The predicted molar refractivity (Wildman–Crippen MR) is 68.2 cm³/mol. The van der Waals surface area contributed by atoms with Gasteiger partial charge in [0.05, 0.1) is 0 Å². The third-order valence-corrected chi connectivity index (χ3v) is 4.29. The normalized spacial score (nSPS) is 21.0. The van der Waals surface area contributed by atoms with Gasteiger partial charge in [0, 0.05) is 37.6 Å². The zero-order chi connectivity index (χ0) is 13.1. The molecule has 1 rings (SSSR count). The molecule has 0 aliphatic carbocycles. The second-order valence-corrected chi connectivity index (χ2v) is 5.90. The van der Waals surface area contributed by atoms with Gasteiger partial charge in [-0.25, -0.2) is 4.79 Å². The lowest BCUT2D eigenvalue weighted by molar-refractivity contribution is -0.155. The largest absolute Gasteiger partial charge is 0.480 e. The molecular weight excluding hydrogens is 240 g/mol. The van der Waals surface area contributed by atoms with Crippen molar-refractivity contribution in [2.75, 3.05) is 25.1 Å². The molecule has 0 aromatic heterocycles. The number of nitrogens with one attached hydrogen (secondary N) is 1. The lowest BCUT2D eigenvalue weighted by atomic mass is 10.0. The van der Waals surface area contributed by atoms with Gasteiger partial charge in [-0.15, -0.1) is 0 Å². The summed E-state index contributed by atoms with van der Waals surface area (Å²) >= 11 is 1.82. The number of carbonyl (C=O) groups excluding carboxylic acids is 1. The van der Waals surface area contributed by atoms with Crippen LogP contribution in [0.5, 0.6) is 0 Å². The van der Waals surface area contributed by atoms with Crippen molar-refractivity contribution in [3.05, 3.63) is 0 Å². The monoisotopic (exact) mass is 260 g/mol. The Morgan fingerprint density at radius 3 is 2.65 bits per heavy atom. The highest BCUT2D eigenvalue weighted by molar-refractivity contribution is 7.99. The zero-order valence-electron chi connectivity index (χ0n) is 10.5. The maximum atomic E-state index is 12.0. The summed E-state index contributed by atoms with van der Waals surface area (Å²) in [4.78, 5) is 24.3. The number of hydrogen-bond donors (Lipinski definition) is 2. The number of rotatable bonds is 4. The minimum Gasteiger partial charge on any atom is -0.480 e. The molecule has 98 valence electrons. The van der Waals surface area contributed by atoms with Gasteiger partial charge in [0.2, 0.25) is 5.91 Å². The topological polar surface area (TPSA) is 69.6 Å². The second-order valence-electron chi connectivity index (χ2n) is 4.75. The Balaban J connectivity index is 2.54. The van der Waals surface area contributed by atoms with Crippen LogP contribution in [-0.2, 0) is 9.59 Å². The van der Waals surface area contributed by atoms with Crippen LogP contribution in [0, 0.1) is 0 Å². The van der Waals surface area contributed by atoms with Gasteiger partial charge in [-0.05, 0) is 13.8 Å². The lowest BCUT2D eigenvalue weighted by Crippen LogP contribution is -2.52. The molecule has 1 unspecified atom stereocenters. The average Bonchev–Trinajstić information content (AvgIpc) is 2.29. The fourth-order valence-corrected chi connectivity index (χ4v) is 2.50. The van der Waals surface area contributed by atoms with E-state index in [1.165, 1.54) is 18.7 Å². The highest BCUT2D eigenvalue weighted by atomic mass is 32.2. The van der Waals surface area contributed by atoms with E-state index in [0.29, 0.717) is 6.42 Å². The summed E-state index contributed by atoms with van der Waals surface area (Å²) in [7, 11) is 1.55. The molecule has 0 bridgehead atoms. The molecule has 1 fully saturated rings. The van der Waals surface area contributed by atoms with Crippen LogP contribution in [0.1, 0.15) is 20.3 Å². The number of carbonyl (C=O) groups is 2. The maximum absolute atomic E-state index is 12.0. The Hall–Kier alpha value is -0.750. The molecule has 0 radical (unpaired) electrons. The summed E-state index contributed by atoms with van der Waals surface area (Å²) in [5.41, 5.74) is -1.15. The molecule has 0 spiro atoms. The molecule has 6 heteroatoms. The number of amides is 1. The van der Waals surface area contributed by atoms with Crippen molar-refractivity contribution in [3.8, 4) is 0 Å². The van der Waals surface area contributed by atoms with E-state index in [9.17, 15) is 9.59 Å². The lowest BCUT2D eigenvalue weighted by Gasteiger charge is -2.33. The minimum absolute atomic E-state index is 0.127. The van der Waals surface area contributed by atoms with E-state index in [2.05, 4.69) is 5.32 Å². The fourth-order valence-electron chi connectivity index (χ4n) is 1.55. The van der Waals surface area contributed by atoms with E-state index >= 15 is 0 Å². The number of aliphatic carboxylic acids is 1. The van der Waals surface area contributed by atoms with Gasteiger partial charge in [-0.3, -0.25) is 4.79 Å². The standard InChI is InChI=1S/C11H20N2O3S/c1-11(2,10(15)16)13(3)9(14)6-8-7-17-5-4-12-8/h8,12H,4-7H2,1-3H3,(H,15,16). The van der Waals surface area contributed by atoms with Crippen molar-refractivity contribution in [1.82, 2.24) is 10.2 Å². The van der Waals surface area contributed by atoms with Crippen LogP contribution in [-0.4, -0.2) is 58.6 Å². The van der Waals surface area contributed by atoms with Crippen molar-refractivity contribution < 1.29 is 14.7 Å². The van der Waals surface area contributed by atoms with Crippen LogP contribution >= 0.6 is 11.8 Å². The van der Waals surface area contributed by atoms with E-state index in [4.69, 9.17) is 5.11 Å². The Morgan fingerprint density at radius 1 is 1.53 bits per heavy atom. The fraction of sp³-hybridized carbons (Fsp3) is 0.818. The Kier molecular flexibility index (Phi) is 4.82. The SMILES string of the molecule is CN(C(=O)CC1CSCCN1)C(C)(C)C(=O)O. The number of hydrogen-bond acceptors (Lipinski definition) is 4. The smallest absolute Gasteiger partial charge is 0.329 e. The van der Waals surface area contributed by atoms with E-state index in [1.807, 2.05) is 11.8 Å². The summed E-state index contributed by atoms with van der Waals surface area (Å²) < 4.78 is 0. The molecule has 5 nitrogen and oxygen atoms in total. The molecule has 1 aliphatic heterocycles. The van der Waals surface area contributed by atoms with E-state index < -0.39 is 11.5 Å². The molecule has 0 aromatic rings. The number of carboxylic acids is 1. The summed E-state index contributed by atoms with van der Waals surface area (Å²) in [6.45, 7) is 3.99. The summed E-state index contributed by atoms with van der Waals surface area (Å²) in [6, 6.07) is 0.160. The van der Waals surface area contributed by atoms with Crippen LogP contribution in [0.4, 0.5) is 0 Å². The zero-order valence-corrected chi connectivity index (χ0v) is 11.3. The third kappa shape index (κ3) is 3.61.